The molecule has 90 valence electrons. The molecule has 1 atom stereocenters. The topological polar surface area (TPSA) is 79.6 Å². The fourth-order valence-electron chi connectivity index (χ4n) is 1.70. The van der Waals surface area contributed by atoms with Crippen LogP contribution in [0.15, 0.2) is 30.3 Å². The molecule has 0 amide bonds. The maximum atomic E-state index is 5.43. The summed E-state index contributed by atoms with van der Waals surface area (Å²) in [5.74, 6) is 1.41. The summed E-state index contributed by atoms with van der Waals surface area (Å²) in [6.07, 6.45) is 1.03. The van der Waals surface area contributed by atoms with Gasteiger partial charge in [0.1, 0.15) is 0 Å². The first-order valence-corrected chi connectivity index (χ1v) is 5.72. The molecular formula is C12H17N5. The molecule has 5 nitrogen and oxygen atoms in total. The normalized spacial score (nSPS) is 12.3. The summed E-state index contributed by atoms with van der Waals surface area (Å²) >= 11 is 0. The molecule has 0 aliphatic carbocycles. The van der Waals surface area contributed by atoms with E-state index in [1.54, 1.807) is 0 Å². The van der Waals surface area contributed by atoms with Crippen molar-refractivity contribution in [2.45, 2.75) is 19.3 Å². The molecule has 1 heterocycles. The van der Waals surface area contributed by atoms with Gasteiger partial charge in [-0.1, -0.05) is 37.3 Å². The Bertz CT molecular complexity index is 451. The average molecular weight is 231 g/mol. The Balaban J connectivity index is 1.79. The molecular weight excluding hydrogens is 214 g/mol. The minimum Gasteiger partial charge on any atom is -0.368 e. The van der Waals surface area contributed by atoms with Gasteiger partial charge in [-0.05, 0) is 17.9 Å². The average Bonchev–Trinajstić information content (AvgIpc) is 2.76. The van der Waals surface area contributed by atoms with E-state index in [4.69, 9.17) is 5.73 Å². The third-order valence-electron chi connectivity index (χ3n) is 2.73. The number of aromatic nitrogens is 3. The van der Waals surface area contributed by atoms with Gasteiger partial charge < -0.3 is 11.1 Å². The molecule has 2 aromatic rings. The van der Waals surface area contributed by atoms with Crippen LogP contribution in [0.4, 0.5) is 11.9 Å². The number of aromatic amines is 1. The number of hydrogen-bond donors (Lipinski definition) is 3. The number of rotatable bonds is 5. The lowest BCUT2D eigenvalue weighted by Crippen LogP contribution is -2.07. The first kappa shape index (κ1) is 11.4. The number of nitrogens with two attached hydrogens (primary N) is 1. The zero-order chi connectivity index (χ0) is 12.1. The lowest BCUT2D eigenvalue weighted by molar-refractivity contribution is 0.703. The van der Waals surface area contributed by atoms with E-state index in [-0.39, 0.29) is 0 Å². The number of nitrogen functional groups attached to an aromatic ring is 1. The highest BCUT2D eigenvalue weighted by molar-refractivity contribution is 5.29. The Morgan fingerprint density at radius 1 is 1.35 bits per heavy atom. The summed E-state index contributed by atoms with van der Waals surface area (Å²) < 4.78 is 0. The first-order chi connectivity index (χ1) is 8.25. The Morgan fingerprint density at radius 2 is 2.12 bits per heavy atom. The van der Waals surface area contributed by atoms with Gasteiger partial charge in [0, 0.05) is 6.54 Å². The zero-order valence-corrected chi connectivity index (χ0v) is 9.85. The van der Waals surface area contributed by atoms with Crippen molar-refractivity contribution in [1.29, 1.82) is 0 Å². The second-order valence-electron chi connectivity index (χ2n) is 4.07. The van der Waals surface area contributed by atoms with Gasteiger partial charge in [0.05, 0.1) is 0 Å². The number of anilines is 2. The van der Waals surface area contributed by atoms with E-state index in [2.05, 4.69) is 51.7 Å². The van der Waals surface area contributed by atoms with Gasteiger partial charge in [-0.3, -0.25) is 0 Å². The van der Waals surface area contributed by atoms with Crippen LogP contribution >= 0.6 is 0 Å². The fraction of sp³-hybridized carbons (Fsp3) is 0.333. The van der Waals surface area contributed by atoms with Crippen molar-refractivity contribution in [3.8, 4) is 0 Å². The van der Waals surface area contributed by atoms with E-state index in [0.29, 0.717) is 17.8 Å². The van der Waals surface area contributed by atoms with Crippen LogP contribution in [0, 0.1) is 0 Å². The Hall–Kier alpha value is -2.04. The third kappa shape index (κ3) is 3.21. The van der Waals surface area contributed by atoms with Gasteiger partial charge in [0.25, 0.3) is 0 Å². The monoisotopic (exact) mass is 231 g/mol. The highest BCUT2D eigenvalue weighted by Gasteiger charge is 2.05. The minimum atomic E-state index is 0.337. The molecule has 0 saturated carbocycles. The number of nitrogens with zero attached hydrogens (tertiary/aromatic N) is 2. The zero-order valence-electron chi connectivity index (χ0n) is 9.85. The molecule has 0 fully saturated rings. The first-order valence-electron chi connectivity index (χ1n) is 5.72. The summed E-state index contributed by atoms with van der Waals surface area (Å²) in [7, 11) is 0. The highest BCUT2D eigenvalue weighted by atomic mass is 15.3. The van der Waals surface area contributed by atoms with E-state index in [1.165, 1.54) is 5.56 Å². The van der Waals surface area contributed by atoms with Gasteiger partial charge in [0.2, 0.25) is 11.9 Å². The van der Waals surface area contributed by atoms with Gasteiger partial charge in [-0.15, -0.1) is 5.10 Å². The molecule has 1 aromatic heterocycles. The summed E-state index contributed by atoms with van der Waals surface area (Å²) in [5, 5.41) is 9.64. The summed E-state index contributed by atoms with van der Waals surface area (Å²) in [4.78, 5) is 3.98. The maximum Gasteiger partial charge on any atom is 0.243 e. The summed E-state index contributed by atoms with van der Waals surface area (Å²) in [6, 6.07) is 10.5. The second-order valence-corrected chi connectivity index (χ2v) is 4.07. The summed E-state index contributed by atoms with van der Waals surface area (Å²) in [5.41, 5.74) is 6.78. The molecule has 2 rings (SSSR count). The van der Waals surface area contributed by atoms with E-state index in [9.17, 15) is 0 Å². The number of nitrogens with one attached hydrogen (secondary N) is 2. The van der Waals surface area contributed by atoms with Crippen molar-refractivity contribution in [2.75, 3.05) is 17.6 Å². The highest BCUT2D eigenvalue weighted by Crippen LogP contribution is 2.18. The number of H-pyrrole nitrogens is 1. The van der Waals surface area contributed by atoms with Crippen LogP contribution < -0.4 is 11.1 Å². The quantitative estimate of drug-likeness (QED) is 0.735. The minimum absolute atomic E-state index is 0.337. The van der Waals surface area contributed by atoms with Gasteiger partial charge >= 0.3 is 0 Å². The number of benzene rings is 1. The molecule has 4 N–H and O–H groups in total. The van der Waals surface area contributed by atoms with Crippen LogP contribution in [0.25, 0.3) is 0 Å². The van der Waals surface area contributed by atoms with Crippen LogP contribution in [0.2, 0.25) is 0 Å². The fourth-order valence-corrected chi connectivity index (χ4v) is 1.70. The molecule has 17 heavy (non-hydrogen) atoms. The second kappa shape index (κ2) is 5.34. The van der Waals surface area contributed by atoms with Crippen molar-refractivity contribution in [3.63, 3.8) is 0 Å². The van der Waals surface area contributed by atoms with E-state index in [0.717, 1.165) is 13.0 Å². The van der Waals surface area contributed by atoms with Crippen LogP contribution in [-0.4, -0.2) is 21.7 Å². The van der Waals surface area contributed by atoms with Crippen LogP contribution in [0.3, 0.4) is 0 Å². The molecule has 1 aromatic carbocycles. The predicted octanol–water partition coefficient (Wildman–Crippen LogP) is 1.99. The van der Waals surface area contributed by atoms with Crippen molar-refractivity contribution in [3.05, 3.63) is 35.9 Å². The van der Waals surface area contributed by atoms with Crippen molar-refractivity contribution < 1.29 is 0 Å². The largest absolute Gasteiger partial charge is 0.368 e. The molecule has 0 aliphatic heterocycles. The lowest BCUT2D eigenvalue weighted by atomic mass is 9.98. The SMILES string of the molecule is CC(CCNc1n[nH]c(N)n1)c1ccccc1. The van der Waals surface area contributed by atoms with Gasteiger partial charge in [0.15, 0.2) is 0 Å². The van der Waals surface area contributed by atoms with Crippen molar-refractivity contribution >= 4 is 11.9 Å². The van der Waals surface area contributed by atoms with Crippen LogP contribution in [0.5, 0.6) is 0 Å². The number of hydrogen-bond acceptors (Lipinski definition) is 4. The van der Waals surface area contributed by atoms with Crippen LogP contribution in [-0.2, 0) is 0 Å². The third-order valence-corrected chi connectivity index (χ3v) is 2.73. The van der Waals surface area contributed by atoms with E-state index < -0.39 is 0 Å². The molecule has 0 radical (unpaired) electrons. The predicted molar refractivity (Wildman–Crippen MR) is 68.8 cm³/mol. The summed E-state index contributed by atoms with van der Waals surface area (Å²) in [6.45, 7) is 3.04. The van der Waals surface area contributed by atoms with Crippen molar-refractivity contribution in [2.24, 2.45) is 0 Å². The Morgan fingerprint density at radius 3 is 2.76 bits per heavy atom. The molecule has 0 aliphatic rings. The van der Waals surface area contributed by atoms with E-state index >= 15 is 0 Å². The van der Waals surface area contributed by atoms with E-state index in [1.807, 2.05) is 6.07 Å². The van der Waals surface area contributed by atoms with Crippen LogP contribution in [0.1, 0.15) is 24.8 Å². The molecule has 1 unspecified atom stereocenters. The lowest BCUT2D eigenvalue weighted by Gasteiger charge is -2.11. The van der Waals surface area contributed by atoms with Gasteiger partial charge in [-0.2, -0.15) is 4.98 Å². The van der Waals surface area contributed by atoms with Gasteiger partial charge in [-0.25, -0.2) is 5.10 Å². The molecule has 0 bridgehead atoms. The Kier molecular flexibility index (Phi) is 3.59. The Labute approximate surface area is 100 Å². The smallest absolute Gasteiger partial charge is 0.243 e. The standard InChI is InChI=1S/C12H17N5/c1-9(10-5-3-2-4-6-10)7-8-14-12-15-11(13)16-17-12/h2-6,9H,7-8H2,1H3,(H4,13,14,15,16,17). The van der Waals surface area contributed by atoms with Crippen molar-refractivity contribution in [1.82, 2.24) is 15.2 Å². The molecule has 5 heteroatoms. The maximum absolute atomic E-state index is 5.43. The molecule has 0 spiro atoms. The molecule has 0 saturated heterocycles.